The summed E-state index contributed by atoms with van der Waals surface area (Å²) in [4.78, 5) is 0. The van der Waals surface area contributed by atoms with E-state index in [0.717, 1.165) is 12.8 Å². The summed E-state index contributed by atoms with van der Waals surface area (Å²) in [7, 11) is 1.66. The van der Waals surface area contributed by atoms with Crippen molar-refractivity contribution < 1.29 is 4.74 Å². The van der Waals surface area contributed by atoms with Crippen molar-refractivity contribution in [3.63, 3.8) is 0 Å². The zero-order valence-electron chi connectivity index (χ0n) is 9.61. The summed E-state index contributed by atoms with van der Waals surface area (Å²) < 4.78 is 4.90. The van der Waals surface area contributed by atoms with Crippen molar-refractivity contribution in [3.05, 3.63) is 12.2 Å². The Labute approximate surface area is 102 Å². The largest absolute Gasteiger partial charge is 0.383 e. The molecule has 0 aromatic carbocycles. The topological polar surface area (TPSA) is 45.6 Å². The van der Waals surface area contributed by atoms with Gasteiger partial charge >= 0.3 is 0 Å². The minimum atomic E-state index is 0.541. The third kappa shape index (κ3) is 5.82. The Bertz CT molecular complexity index is 266. The molecule has 1 atom stereocenters. The molecule has 0 aromatic heterocycles. The van der Waals surface area contributed by atoms with E-state index in [1.807, 2.05) is 6.21 Å². The molecule has 1 rings (SSSR count). The SMILES string of the molecule is COCCNC(=S)N/N=C/C1CC=CCC1. The lowest BCUT2D eigenvalue weighted by atomic mass is 9.96. The number of nitrogens with zero attached hydrogens (tertiary/aromatic N) is 1. The van der Waals surface area contributed by atoms with Gasteiger partial charge in [-0.1, -0.05) is 12.2 Å². The second kappa shape index (κ2) is 8.24. The van der Waals surface area contributed by atoms with E-state index in [1.54, 1.807) is 7.11 Å². The van der Waals surface area contributed by atoms with Crippen LogP contribution in [0.1, 0.15) is 19.3 Å². The average molecular weight is 241 g/mol. The number of ether oxygens (including phenoxy) is 1. The summed E-state index contributed by atoms with van der Waals surface area (Å²) in [6.45, 7) is 1.34. The molecule has 0 saturated carbocycles. The van der Waals surface area contributed by atoms with Crippen LogP contribution in [0.15, 0.2) is 17.3 Å². The minimum Gasteiger partial charge on any atom is -0.383 e. The Hall–Kier alpha value is -0.940. The standard InChI is InChI=1S/C11H19N3OS/c1-15-8-7-12-11(16)14-13-9-10-5-3-2-4-6-10/h2-3,9-10H,4-8H2,1H3,(H2,12,14,16)/b13-9+. The summed E-state index contributed by atoms with van der Waals surface area (Å²) in [5.41, 5.74) is 2.80. The molecule has 90 valence electrons. The molecule has 0 heterocycles. The third-order valence-corrected chi connectivity index (χ3v) is 2.59. The number of methoxy groups -OCH3 is 1. The number of thiocarbonyl (C=S) groups is 1. The van der Waals surface area contributed by atoms with E-state index >= 15 is 0 Å². The van der Waals surface area contributed by atoms with Gasteiger partial charge in [0.25, 0.3) is 0 Å². The normalized spacial score (nSPS) is 19.9. The lowest BCUT2D eigenvalue weighted by Crippen LogP contribution is -2.34. The highest BCUT2D eigenvalue weighted by atomic mass is 32.1. The van der Waals surface area contributed by atoms with Crippen LogP contribution in [0.5, 0.6) is 0 Å². The Kier molecular flexibility index (Phi) is 6.76. The van der Waals surface area contributed by atoms with Gasteiger partial charge in [-0.05, 0) is 37.4 Å². The highest BCUT2D eigenvalue weighted by Crippen LogP contribution is 2.15. The number of allylic oxidation sites excluding steroid dienone is 2. The van der Waals surface area contributed by atoms with Crippen LogP contribution in [0.2, 0.25) is 0 Å². The summed E-state index contributed by atoms with van der Waals surface area (Å²) in [5.74, 6) is 0.541. The van der Waals surface area contributed by atoms with Gasteiger partial charge in [0.15, 0.2) is 5.11 Å². The van der Waals surface area contributed by atoms with Gasteiger partial charge in [-0.25, -0.2) is 0 Å². The molecule has 0 aliphatic heterocycles. The maximum atomic E-state index is 5.03. The van der Waals surface area contributed by atoms with Crippen LogP contribution >= 0.6 is 12.2 Å². The molecule has 1 unspecified atom stereocenters. The summed E-state index contributed by atoms with van der Waals surface area (Å²) in [6, 6.07) is 0. The summed E-state index contributed by atoms with van der Waals surface area (Å²) in [6.07, 6.45) is 9.76. The number of hydrogen-bond acceptors (Lipinski definition) is 3. The maximum Gasteiger partial charge on any atom is 0.187 e. The van der Waals surface area contributed by atoms with E-state index in [9.17, 15) is 0 Å². The van der Waals surface area contributed by atoms with Gasteiger partial charge in [-0.2, -0.15) is 5.10 Å². The van der Waals surface area contributed by atoms with E-state index in [1.165, 1.54) is 6.42 Å². The Morgan fingerprint density at radius 2 is 2.50 bits per heavy atom. The Morgan fingerprint density at radius 3 is 3.19 bits per heavy atom. The highest BCUT2D eigenvalue weighted by molar-refractivity contribution is 7.80. The van der Waals surface area contributed by atoms with Gasteiger partial charge in [-0.15, -0.1) is 0 Å². The molecule has 16 heavy (non-hydrogen) atoms. The molecule has 4 nitrogen and oxygen atoms in total. The summed E-state index contributed by atoms with van der Waals surface area (Å²) in [5, 5.41) is 7.65. The zero-order valence-corrected chi connectivity index (χ0v) is 10.4. The van der Waals surface area contributed by atoms with E-state index < -0.39 is 0 Å². The Morgan fingerprint density at radius 1 is 1.62 bits per heavy atom. The molecule has 0 bridgehead atoms. The lowest BCUT2D eigenvalue weighted by molar-refractivity contribution is 0.204. The molecule has 5 heteroatoms. The van der Waals surface area contributed by atoms with Gasteiger partial charge in [0.2, 0.25) is 0 Å². The van der Waals surface area contributed by atoms with Gasteiger partial charge < -0.3 is 10.1 Å². The van der Waals surface area contributed by atoms with E-state index in [0.29, 0.717) is 24.2 Å². The maximum absolute atomic E-state index is 5.03. The zero-order chi connectivity index (χ0) is 11.6. The Balaban J connectivity index is 2.10. The first kappa shape index (κ1) is 13.1. The number of nitrogens with one attached hydrogen (secondary N) is 2. The smallest absolute Gasteiger partial charge is 0.187 e. The van der Waals surface area contributed by atoms with Crippen molar-refractivity contribution in [1.29, 1.82) is 0 Å². The molecular formula is C11H19N3OS. The van der Waals surface area contributed by atoms with Gasteiger partial charge in [0, 0.05) is 19.9 Å². The fourth-order valence-electron chi connectivity index (χ4n) is 1.46. The number of hydrogen-bond donors (Lipinski definition) is 2. The second-order valence-corrected chi connectivity index (χ2v) is 4.09. The molecular weight excluding hydrogens is 222 g/mol. The average Bonchev–Trinajstić information content (AvgIpc) is 2.31. The van der Waals surface area contributed by atoms with E-state index in [2.05, 4.69) is 28.0 Å². The van der Waals surface area contributed by atoms with Gasteiger partial charge in [0.1, 0.15) is 0 Å². The first-order valence-corrected chi connectivity index (χ1v) is 5.94. The predicted molar refractivity (Wildman–Crippen MR) is 70.6 cm³/mol. The predicted octanol–water partition coefficient (Wildman–Crippen LogP) is 1.44. The van der Waals surface area contributed by atoms with Crippen LogP contribution in [-0.2, 0) is 4.74 Å². The molecule has 0 saturated heterocycles. The van der Waals surface area contributed by atoms with Crippen molar-refractivity contribution in [1.82, 2.24) is 10.7 Å². The number of hydrazone groups is 1. The van der Waals surface area contributed by atoms with Gasteiger partial charge in [0.05, 0.1) is 6.61 Å². The van der Waals surface area contributed by atoms with Gasteiger partial charge in [-0.3, -0.25) is 5.43 Å². The molecule has 1 aliphatic rings. The van der Waals surface area contributed by atoms with Crippen LogP contribution in [0.4, 0.5) is 0 Å². The number of rotatable bonds is 5. The quantitative estimate of drug-likeness (QED) is 0.251. The van der Waals surface area contributed by atoms with E-state index in [-0.39, 0.29) is 0 Å². The fourth-order valence-corrected chi connectivity index (χ4v) is 1.61. The van der Waals surface area contributed by atoms with E-state index in [4.69, 9.17) is 17.0 Å². The molecule has 0 radical (unpaired) electrons. The lowest BCUT2D eigenvalue weighted by Gasteiger charge is -2.12. The van der Waals surface area contributed by atoms with Crippen molar-refractivity contribution >= 4 is 23.5 Å². The fraction of sp³-hybridized carbons (Fsp3) is 0.636. The van der Waals surface area contributed by atoms with Crippen LogP contribution in [0, 0.1) is 5.92 Å². The van der Waals surface area contributed by atoms with Crippen molar-refractivity contribution in [3.8, 4) is 0 Å². The first-order valence-electron chi connectivity index (χ1n) is 5.54. The molecule has 1 aliphatic carbocycles. The van der Waals surface area contributed by atoms with Crippen LogP contribution in [0.3, 0.4) is 0 Å². The second-order valence-electron chi connectivity index (χ2n) is 3.68. The van der Waals surface area contributed by atoms with Crippen molar-refractivity contribution in [2.75, 3.05) is 20.3 Å². The molecule has 0 spiro atoms. The first-order chi connectivity index (χ1) is 7.83. The highest BCUT2D eigenvalue weighted by Gasteiger charge is 2.05. The van der Waals surface area contributed by atoms with Crippen LogP contribution in [0.25, 0.3) is 0 Å². The monoisotopic (exact) mass is 241 g/mol. The molecule has 0 aromatic rings. The molecule has 0 amide bonds. The van der Waals surface area contributed by atoms with Crippen LogP contribution < -0.4 is 10.7 Å². The molecule has 2 N–H and O–H groups in total. The third-order valence-electron chi connectivity index (χ3n) is 2.35. The molecule has 0 fully saturated rings. The minimum absolute atomic E-state index is 0.541. The van der Waals surface area contributed by atoms with Crippen molar-refractivity contribution in [2.24, 2.45) is 11.0 Å². The van der Waals surface area contributed by atoms with Crippen molar-refractivity contribution in [2.45, 2.75) is 19.3 Å². The summed E-state index contributed by atoms with van der Waals surface area (Å²) >= 11 is 5.03. The van der Waals surface area contributed by atoms with Crippen LogP contribution in [-0.4, -0.2) is 31.6 Å².